The van der Waals surface area contributed by atoms with E-state index >= 15 is 0 Å². The third-order valence-electron chi connectivity index (χ3n) is 3.93. The van der Waals surface area contributed by atoms with Crippen molar-refractivity contribution >= 4 is 28.3 Å². The van der Waals surface area contributed by atoms with E-state index in [9.17, 15) is 9.59 Å². The summed E-state index contributed by atoms with van der Waals surface area (Å²) in [5.74, 6) is 0.635. The molecular formula is C16H25N3O2S. The fourth-order valence-corrected chi connectivity index (χ4v) is 3.41. The van der Waals surface area contributed by atoms with Gasteiger partial charge in [0.2, 0.25) is 11.8 Å². The molecule has 5 nitrogen and oxygen atoms in total. The number of nitrogens with zero attached hydrogens (tertiary/aromatic N) is 1. The van der Waals surface area contributed by atoms with Crippen molar-refractivity contribution in [3.05, 3.63) is 10.6 Å². The Bertz CT molecular complexity index is 541. The van der Waals surface area contributed by atoms with Crippen molar-refractivity contribution in [2.75, 3.05) is 11.9 Å². The molecule has 0 bridgehead atoms. The predicted octanol–water partition coefficient (Wildman–Crippen LogP) is 2.76. The zero-order valence-electron chi connectivity index (χ0n) is 13.6. The third-order valence-corrected chi connectivity index (χ3v) is 5.09. The predicted molar refractivity (Wildman–Crippen MR) is 89.0 cm³/mol. The first-order valence-corrected chi connectivity index (χ1v) is 8.92. The van der Waals surface area contributed by atoms with Crippen LogP contribution in [-0.2, 0) is 22.4 Å². The van der Waals surface area contributed by atoms with Crippen molar-refractivity contribution in [2.24, 2.45) is 11.8 Å². The number of nitrogens with one attached hydrogen (secondary N) is 2. The van der Waals surface area contributed by atoms with E-state index < -0.39 is 0 Å². The van der Waals surface area contributed by atoms with Crippen molar-refractivity contribution in [3.8, 4) is 0 Å². The molecular weight excluding hydrogens is 298 g/mol. The number of carbonyl (C=O) groups is 2. The third kappa shape index (κ3) is 4.53. The van der Waals surface area contributed by atoms with E-state index in [1.54, 1.807) is 11.3 Å². The van der Waals surface area contributed by atoms with E-state index in [2.05, 4.69) is 36.4 Å². The fourth-order valence-electron chi connectivity index (χ4n) is 2.44. The van der Waals surface area contributed by atoms with Gasteiger partial charge in [-0.25, -0.2) is 4.98 Å². The summed E-state index contributed by atoms with van der Waals surface area (Å²) in [6.07, 6.45) is 4.20. The Morgan fingerprint density at radius 2 is 2.09 bits per heavy atom. The van der Waals surface area contributed by atoms with Crippen LogP contribution in [0.25, 0.3) is 0 Å². The molecule has 122 valence electrons. The second-order valence-electron chi connectivity index (χ2n) is 5.90. The van der Waals surface area contributed by atoms with E-state index in [0.29, 0.717) is 17.6 Å². The molecule has 2 amide bonds. The van der Waals surface area contributed by atoms with Crippen LogP contribution in [0.2, 0.25) is 0 Å². The standard InChI is InChI=1S/C16H25N3O2S/c1-4-6-12-13(5-2)22-16(18-12)19-14(20)7-8-17-15(21)11-9-10(11)3/h10-11H,4-9H2,1-3H3,(H,17,21)(H,18,19,20). The highest BCUT2D eigenvalue weighted by Crippen LogP contribution is 2.37. The maximum absolute atomic E-state index is 11.9. The van der Waals surface area contributed by atoms with Crippen molar-refractivity contribution < 1.29 is 9.59 Å². The highest BCUT2D eigenvalue weighted by Gasteiger charge is 2.38. The Hall–Kier alpha value is -1.43. The van der Waals surface area contributed by atoms with Gasteiger partial charge < -0.3 is 10.6 Å². The molecule has 0 aliphatic heterocycles. The molecule has 2 N–H and O–H groups in total. The monoisotopic (exact) mass is 323 g/mol. The summed E-state index contributed by atoms with van der Waals surface area (Å²) in [6.45, 7) is 6.69. The molecule has 1 saturated carbocycles. The Morgan fingerprint density at radius 3 is 2.68 bits per heavy atom. The average molecular weight is 323 g/mol. The quantitative estimate of drug-likeness (QED) is 0.773. The smallest absolute Gasteiger partial charge is 0.227 e. The molecule has 1 aliphatic rings. The highest BCUT2D eigenvalue weighted by molar-refractivity contribution is 7.15. The van der Waals surface area contributed by atoms with E-state index in [0.717, 1.165) is 31.4 Å². The molecule has 0 saturated heterocycles. The molecule has 0 spiro atoms. The molecule has 1 aromatic heterocycles. The van der Waals surface area contributed by atoms with Crippen LogP contribution in [0.3, 0.4) is 0 Å². The molecule has 6 heteroatoms. The van der Waals surface area contributed by atoms with Gasteiger partial charge in [-0.1, -0.05) is 27.2 Å². The zero-order valence-corrected chi connectivity index (χ0v) is 14.4. The van der Waals surface area contributed by atoms with Crippen LogP contribution >= 0.6 is 11.3 Å². The van der Waals surface area contributed by atoms with Crippen LogP contribution in [0.5, 0.6) is 0 Å². The van der Waals surface area contributed by atoms with Crippen molar-refractivity contribution in [1.82, 2.24) is 10.3 Å². The number of rotatable bonds is 8. The minimum absolute atomic E-state index is 0.0769. The second-order valence-corrected chi connectivity index (χ2v) is 6.98. The molecule has 1 fully saturated rings. The Kier molecular flexibility index (Phi) is 5.94. The molecule has 0 aromatic carbocycles. The maximum atomic E-state index is 11.9. The largest absolute Gasteiger partial charge is 0.355 e. The van der Waals surface area contributed by atoms with E-state index in [1.807, 2.05) is 0 Å². The van der Waals surface area contributed by atoms with Crippen molar-refractivity contribution in [3.63, 3.8) is 0 Å². The van der Waals surface area contributed by atoms with Crippen LogP contribution in [0.4, 0.5) is 5.13 Å². The molecule has 2 rings (SSSR count). The summed E-state index contributed by atoms with van der Waals surface area (Å²) in [5.41, 5.74) is 1.10. The van der Waals surface area contributed by atoms with E-state index in [4.69, 9.17) is 0 Å². The first-order valence-electron chi connectivity index (χ1n) is 8.11. The van der Waals surface area contributed by atoms with Gasteiger partial charge in [-0.3, -0.25) is 9.59 Å². The summed E-state index contributed by atoms with van der Waals surface area (Å²) in [5, 5.41) is 6.34. The van der Waals surface area contributed by atoms with Crippen LogP contribution in [0, 0.1) is 11.8 Å². The lowest BCUT2D eigenvalue weighted by atomic mass is 10.2. The molecule has 1 heterocycles. The molecule has 0 radical (unpaired) electrons. The lowest BCUT2D eigenvalue weighted by Crippen LogP contribution is -2.29. The van der Waals surface area contributed by atoms with Crippen LogP contribution < -0.4 is 10.6 Å². The van der Waals surface area contributed by atoms with Crippen LogP contribution in [0.15, 0.2) is 0 Å². The second kappa shape index (κ2) is 7.72. The van der Waals surface area contributed by atoms with Gasteiger partial charge in [0, 0.05) is 23.8 Å². The summed E-state index contributed by atoms with van der Waals surface area (Å²) >= 11 is 1.55. The minimum Gasteiger partial charge on any atom is -0.355 e. The van der Waals surface area contributed by atoms with Crippen molar-refractivity contribution in [2.45, 2.75) is 52.9 Å². The van der Waals surface area contributed by atoms with Crippen molar-refractivity contribution in [1.29, 1.82) is 0 Å². The SMILES string of the molecule is CCCc1nc(NC(=O)CCNC(=O)C2CC2C)sc1CC. The van der Waals surface area contributed by atoms with Gasteiger partial charge in [0.1, 0.15) is 0 Å². The normalized spacial score (nSPS) is 19.8. The zero-order chi connectivity index (χ0) is 16.1. The Balaban J connectivity index is 1.75. The molecule has 22 heavy (non-hydrogen) atoms. The van der Waals surface area contributed by atoms with Gasteiger partial charge in [0.05, 0.1) is 5.69 Å². The lowest BCUT2D eigenvalue weighted by Gasteiger charge is -2.04. The van der Waals surface area contributed by atoms with Gasteiger partial charge in [-0.2, -0.15) is 0 Å². The van der Waals surface area contributed by atoms with Gasteiger partial charge in [0.15, 0.2) is 5.13 Å². The number of aromatic nitrogens is 1. The van der Waals surface area contributed by atoms with E-state index in [1.165, 1.54) is 4.88 Å². The van der Waals surface area contributed by atoms with Crippen LogP contribution in [-0.4, -0.2) is 23.3 Å². The number of anilines is 1. The lowest BCUT2D eigenvalue weighted by molar-refractivity contribution is -0.122. The first kappa shape index (κ1) is 16.9. The number of hydrogen-bond donors (Lipinski definition) is 2. The Morgan fingerprint density at radius 1 is 1.36 bits per heavy atom. The van der Waals surface area contributed by atoms with Gasteiger partial charge in [0.25, 0.3) is 0 Å². The Labute approximate surface area is 135 Å². The highest BCUT2D eigenvalue weighted by atomic mass is 32.1. The summed E-state index contributed by atoms with van der Waals surface area (Å²) in [4.78, 5) is 29.3. The summed E-state index contributed by atoms with van der Waals surface area (Å²) in [7, 11) is 0. The molecule has 1 aliphatic carbocycles. The summed E-state index contributed by atoms with van der Waals surface area (Å²) < 4.78 is 0. The minimum atomic E-state index is -0.0939. The van der Waals surface area contributed by atoms with E-state index in [-0.39, 0.29) is 24.2 Å². The number of hydrogen-bond acceptors (Lipinski definition) is 4. The fraction of sp³-hybridized carbons (Fsp3) is 0.688. The number of thiazole rings is 1. The molecule has 1 aromatic rings. The number of carbonyl (C=O) groups excluding carboxylic acids is 2. The molecule has 2 unspecified atom stereocenters. The summed E-state index contributed by atoms with van der Waals surface area (Å²) in [6, 6.07) is 0. The average Bonchev–Trinajstić information content (AvgIpc) is 3.09. The number of amides is 2. The first-order chi connectivity index (χ1) is 10.5. The topological polar surface area (TPSA) is 71.1 Å². The van der Waals surface area contributed by atoms with Gasteiger partial charge in [-0.05, 0) is 25.2 Å². The van der Waals surface area contributed by atoms with Crippen LogP contribution in [0.1, 0.15) is 50.6 Å². The maximum Gasteiger partial charge on any atom is 0.227 e. The van der Waals surface area contributed by atoms with Gasteiger partial charge >= 0.3 is 0 Å². The van der Waals surface area contributed by atoms with Gasteiger partial charge in [-0.15, -0.1) is 11.3 Å². The molecule has 2 atom stereocenters. The number of aryl methyl sites for hydroxylation is 2.